The molecule has 0 aliphatic carbocycles. The van der Waals surface area contributed by atoms with Crippen LogP contribution in [0.3, 0.4) is 0 Å². The molecule has 0 saturated heterocycles. The van der Waals surface area contributed by atoms with Crippen LogP contribution in [0, 0.1) is 0 Å². The number of methoxy groups -OCH3 is 2. The molecule has 1 N–H and O–H groups in total. The van der Waals surface area contributed by atoms with Gasteiger partial charge < -0.3 is 14.6 Å². The van der Waals surface area contributed by atoms with Crippen molar-refractivity contribution in [2.75, 3.05) is 25.1 Å². The van der Waals surface area contributed by atoms with Crippen LogP contribution in [0.4, 0.5) is 5.69 Å². The molecule has 0 bridgehead atoms. The third-order valence-electron chi connectivity index (χ3n) is 3.52. The predicted molar refractivity (Wildman–Crippen MR) is 92.8 cm³/mol. The fraction of sp³-hybridized carbons (Fsp3) is 0.235. The number of carboxylic acids is 1. The Kier molecular flexibility index (Phi) is 5.87. The zero-order chi connectivity index (χ0) is 18.4. The molecule has 25 heavy (non-hydrogen) atoms. The summed E-state index contributed by atoms with van der Waals surface area (Å²) in [4.78, 5) is 11.0. The molecular weight excluding hydrogens is 346 g/mol. The smallest absolute Gasteiger partial charge is 0.305 e. The van der Waals surface area contributed by atoms with Gasteiger partial charge in [-0.05, 0) is 24.3 Å². The summed E-state index contributed by atoms with van der Waals surface area (Å²) in [5, 5.41) is 8.98. The Balaban J connectivity index is 2.55. The van der Waals surface area contributed by atoms with Crippen molar-refractivity contribution in [2.45, 2.75) is 11.3 Å². The second-order valence-electron chi connectivity index (χ2n) is 5.07. The van der Waals surface area contributed by atoms with Gasteiger partial charge in [-0.15, -0.1) is 0 Å². The first-order chi connectivity index (χ1) is 11.9. The van der Waals surface area contributed by atoms with Crippen molar-refractivity contribution < 1.29 is 27.8 Å². The highest BCUT2D eigenvalue weighted by Crippen LogP contribution is 2.35. The predicted octanol–water partition coefficient (Wildman–Crippen LogP) is 2.37. The van der Waals surface area contributed by atoms with Crippen molar-refractivity contribution in [3.8, 4) is 11.5 Å². The van der Waals surface area contributed by atoms with Crippen LogP contribution >= 0.6 is 0 Å². The van der Waals surface area contributed by atoms with Gasteiger partial charge in [0.1, 0.15) is 11.5 Å². The fourth-order valence-corrected chi connectivity index (χ4v) is 3.77. The zero-order valence-corrected chi connectivity index (χ0v) is 14.7. The number of hydrogen-bond acceptors (Lipinski definition) is 5. The topological polar surface area (TPSA) is 93.1 Å². The molecule has 8 heteroatoms. The summed E-state index contributed by atoms with van der Waals surface area (Å²) < 4.78 is 37.5. The van der Waals surface area contributed by atoms with E-state index in [9.17, 15) is 13.2 Å². The second kappa shape index (κ2) is 7.89. The van der Waals surface area contributed by atoms with Crippen LogP contribution in [0.2, 0.25) is 0 Å². The van der Waals surface area contributed by atoms with Gasteiger partial charge >= 0.3 is 5.97 Å². The number of hydrogen-bond donors (Lipinski definition) is 1. The minimum absolute atomic E-state index is 0.0678. The van der Waals surface area contributed by atoms with Crippen molar-refractivity contribution in [2.24, 2.45) is 0 Å². The highest BCUT2D eigenvalue weighted by Gasteiger charge is 2.28. The summed E-state index contributed by atoms with van der Waals surface area (Å²) in [6.07, 6.45) is -0.346. The van der Waals surface area contributed by atoms with E-state index >= 15 is 0 Å². The minimum atomic E-state index is -3.95. The third-order valence-corrected chi connectivity index (χ3v) is 5.34. The van der Waals surface area contributed by atoms with E-state index in [0.29, 0.717) is 5.75 Å². The molecule has 0 heterocycles. The lowest BCUT2D eigenvalue weighted by Gasteiger charge is -2.25. The molecule has 0 aliphatic rings. The van der Waals surface area contributed by atoms with Crippen LogP contribution in [0.25, 0.3) is 0 Å². The third kappa shape index (κ3) is 4.21. The Morgan fingerprint density at radius 2 is 1.76 bits per heavy atom. The second-order valence-corrected chi connectivity index (χ2v) is 6.93. The van der Waals surface area contributed by atoms with Gasteiger partial charge in [-0.1, -0.05) is 18.2 Å². The van der Waals surface area contributed by atoms with Gasteiger partial charge in [-0.2, -0.15) is 0 Å². The molecule has 2 rings (SSSR count). The minimum Gasteiger partial charge on any atom is -0.497 e. The maximum atomic E-state index is 13.0. The molecule has 0 fully saturated rings. The molecule has 7 nitrogen and oxygen atoms in total. The van der Waals surface area contributed by atoms with Crippen molar-refractivity contribution in [1.82, 2.24) is 0 Å². The first-order valence-corrected chi connectivity index (χ1v) is 8.85. The molecule has 2 aromatic carbocycles. The average Bonchev–Trinajstić information content (AvgIpc) is 2.62. The number of ether oxygens (including phenoxy) is 2. The lowest BCUT2D eigenvalue weighted by Crippen LogP contribution is -2.33. The van der Waals surface area contributed by atoms with Crippen LogP contribution in [0.15, 0.2) is 53.4 Å². The van der Waals surface area contributed by atoms with E-state index in [1.807, 2.05) is 0 Å². The Hall–Kier alpha value is -2.74. The van der Waals surface area contributed by atoms with Crippen LogP contribution < -0.4 is 13.8 Å². The summed E-state index contributed by atoms with van der Waals surface area (Å²) in [6, 6.07) is 12.5. The first kappa shape index (κ1) is 18.6. The molecule has 0 aliphatic heterocycles. The number of rotatable bonds is 8. The molecule has 0 spiro atoms. The first-order valence-electron chi connectivity index (χ1n) is 7.41. The lowest BCUT2D eigenvalue weighted by atomic mass is 10.2. The van der Waals surface area contributed by atoms with E-state index < -0.39 is 16.0 Å². The number of carbonyl (C=O) groups is 1. The summed E-state index contributed by atoms with van der Waals surface area (Å²) >= 11 is 0. The number of nitrogens with zero attached hydrogens (tertiary/aromatic N) is 1. The molecule has 0 saturated carbocycles. The summed E-state index contributed by atoms with van der Waals surface area (Å²) in [7, 11) is -1.06. The van der Waals surface area contributed by atoms with E-state index in [-0.39, 0.29) is 29.3 Å². The van der Waals surface area contributed by atoms with E-state index in [1.54, 1.807) is 30.3 Å². The largest absolute Gasteiger partial charge is 0.497 e. The van der Waals surface area contributed by atoms with Gasteiger partial charge in [0, 0.05) is 12.6 Å². The maximum absolute atomic E-state index is 13.0. The van der Waals surface area contributed by atoms with Crippen molar-refractivity contribution in [3.63, 3.8) is 0 Å². The van der Waals surface area contributed by atoms with Crippen LogP contribution in [0.5, 0.6) is 11.5 Å². The molecule has 0 radical (unpaired) electrons. The normalized spacial score (nSPS) is 11.0. The van der Waals surface area contributed by atoms with Gasteiger partial charge in [-0.3, -0.25) is 9.10 Å². The Morgan fingerprint density at radius 1 is 1.08 bits per heavy atom. The molecule has 134 valence electrons. The van der Waals surface area contributed by atoms with Crippen LogP contribution in [-0.4, -0.2) is 40.3 Å². The van der Waals surface area contributed by atoms with Crippen LogP contribution in [0.1, 0.15) is 6.42 Å². The Morgan fingerprint density at radius 3 is 2.32 bits per heavy atom. The highest BCUT2D eigenvalue weighted by molar-refractivity contribution is 7.92. The molecule has 0 unspecified atom stereocenters. The van der Waals surface area contributed by atoms with Crippen molar-refractivity contribution in [1.29, 1.82) is 0 Å². The average molecular weight is 365 g/mol. The van der Waals surface area contributed by atoms with Gasteiger partial charge in [0.25, 0.3) is 10.0 Å². The fourth-order valence-electron chi connectivity index (χ4n) is 2.28. The van der Waals surface area contributed by atoms with Gasteiger partial charge in [-0.25, -0.2) is 8.42 Å². The van der Waals surface area contributed by atoms with Gasteiger partial charge in [0.15, 0.2) is 0 Å². The molecular formula is C17H19NO6S. The summed E-state index contributed by atoms with van der Waals surface area (Å²) in [5.74, 6) is -0.333. The van der Waals surface area contributed by atoms with E-state index in [0.717, 1.165) is 4.31 Å². The Labute approximate surface area is 146 Å². The number of anilines is 1. The molecule has 0 atom stereocenters. The number of sulfonamides is 1. The summed E-state index contributed by atoms with van der Waals surface area (Å²) in [5.41, 5.74) is 0.244. The van der Waals surface area contributed by atoms with E-state index in [4.69, 9.17) is 14.6 Å². The van der Waals surface area contributed by atoms with E-state index in [1.165, 1.54) is 32.4 Å². The Bertz CT molecular complexity index is 835. The molecule has 0 amide bonds. The molecule has 0 aromatic heterocycles. The quantitative estimate of drug-likeness (QED) is 0.772. The monoisotopic (exact) mass is 365 g/mol. The maximum Gasteiger partial charge on any atom is 0.305 e. The zero-order valence-electron chi connectivity index (χ0n) is 13.9. The van der Waals surface area contributed by atoms with Crippen LogP contribution in [-0.2, 0) is 14.8 Å². The summed E-state index contributed by atoms with van der Waals surface area (Å²) in [6.45, 7) is -0.227. The lowest BCUT2D eigenvalue weighted by molar-refractivity contribution is -0.136. The standard InChI is InChI=1S/C17H19NO6S/c1-23-13-8-9-15(16(12-13)24-2)18(11-10-17(19)20)25(21,22)14-6-4-3-5-7-14/h3-9,12H,10-11H2,1-2H3,(H,19,20). The number of carboxylic acid groups (broad SMARTS) is 1. The van der Waals surface area contributed by atoms with Gasteiger partial charge in [0.05, 0.1) is 31.2 Å². The van der Waals surface area contributed by atoms with E-state index in [2.05, 4.69) is 0 Å². The SMILES string of the molecule is COc1ccc(N(CCC(=O)O)S(=O)(=O)c2ccccc2)c(OC)c1. The molecule has 2 aromatic rings. The number of aliphatic carboxylic acids is 1. The van der Waals surface area contributed by atoms with Crippen molar-refractivity contribution in [3.05, 3.63) is 48.5 Å². The van der Waals surface area contributed by atoms with Crippen molar-refractivity contribution >= 4 is 21.7 Å². The number of benzene rings is 2. The van der Waals surface area contributed by atoms with Gasteiger partial charge in [0.2, 0.25) is 0 Å². The highest BCUT2D eigenvalue weighted by atomic mass is 32.2.